The molecule has 0 aliphatic heterocycles. The Bertz CT molecular complexity index is 1010. The summed E-state index contributed by atoms with van der Waals surface area (Å²) in [5.41, 5.74) is 2.19. The third kappa shape index (κ3) is 8.56. The van der Waals surface area contributed by atoms with Gasteiger partial charge in [0, 0.05) is 0 Å². The number of aromatic carboxylic acids is 1. The number of aliphatic carboxylic acids is 2. The highest BCUT2D eigenvalue weighted by Crippen LogP contribution is 2.30. The minimum atomic E-state index is -1.82. The highest BCUT2D eigenvalue weighted by molar-refractivity contribution is 6.27. The van der Waals surface area contributed by atoms with Crippen molar-refractivity contribution in [3.63, 3.8) is 0 Å². The molecule has 9 heteroatoms. The lowest BCUT2D eigenvalue weighted by molar-refractivity contribution is -0.159. The van der Waals surface area contributed by atoms with Gasteiger partial charge in [-0.25, -0.2) is 14.4 Å². The molecule has 0 aliphatic carbocycles. The SMILES string of the molecule is O.O=C(O)C(=O)O.O=C(O)c1ccc(OCc2ccccc2)c(OCc2ccccc2)c1. The molecule has 0 bridgehead atoms. The first-order chi connectivity index (χ1) is 14.9. The first-order valence-corrected chi connectivity index (χ1v) is 9.04. The van der Waals surface area contributed by atoms with Crippen LogP contribution >= 0.6 is 0 Å². The summed E-state index contributed by atoms with van der Waals surface area (Å²) in [6, 6.07) is 24.1. The molecule has 0 radical (unpaired) electrons. The van der Waals surface area contributed by atoms with Crippen molar-refractivity contribution in [3.8, 4) is 11.5 Å². The maximum atomic E-state index is 11.2. The summed E-state index contributed by atoms with van der Waals surface area (Å²) >= 11 is 0. The van der Waals surface area contributed by atoms with Crippen LogP contribution < -0.4 is 9.47 Å². The molecule has 168 valence electrons. The van der Waals surface area contributed by atoms with E-state index in [1.807, 2.05) is 60.7 Å². The maximum Gasteiger partial charge on any atom is 0.414 e. The van der Waals surface area contributed by atoms with Gasteiger partial charge < -0.3 is 30.3 Å². The monoisotopic (exact) mass is 442 g/mol. The van der Waals surface area contributed by atoms with Crippen LogP contribution in [0.1, 0.15) is 21.5 Å². The van der Waals surface area contributed by atoms with Crippen molar-refractivity contribution >= 4 is 17.9 Å². The first kappa shape index (κ1) is 25.7. The molecule has 3 aromatic rings. The van der Waals surface area contributed by atoms with E-state index in [9.17, 15) is 9.90 Å². The number of hydrogen-bond acceptors (Lipinski definition) is 5. The van der Waals surface area contributed by atoms with Gasteiger partial charge in [0.05, 0.1) is 5.56 Å². The molecule has 0 saturated heterocycles. The molecule has 0 fully saturated rings. The number of rotatable bonds is 7. The molecule has 0 saturated carbocycles. The van der Waals surface area contributed by atoms with E-state index < -0.39 is 17.9 Å². The molecular weight excluding hydrogens is 420 g/mol. The lowest BCUT2D eigenvalue weighted by Gasteiger charge is -2.14. The topological polar surface area (TPSA) is 162 Å². The molecule has 0 aromatic heterocycles. The second-order valence-corrected chi connectivity index (χ2v) is 6.13. The second-order valence-electron chi connectivity index (χ2n) is 6.13. The van der Waals surface area contributed by atoms with Gasteiger partial charge >= 0.3 is 17.9 Å². The van der Waals surface area contributed by atoms with Gasteiger partial charge in [-0.3, -0.25) is 0 Å². The van der Waals surface area contributed by atoms with Gasteiger partial charge in [0.1, 0.15) is 13.2 Å². The Hall–Kier alpha value is -4.37. The highest BCUT2D eigenvalue weighted by atomic mass is 16.5. The minimum Gasteiger partial charge on any atom is -0.485 e. The summed E-state index contributed by atoms with van der Waals surface area (Å²) in [5, 5.41) is 24.0. The van der Waals surface area contributed by atoms with Gasteiger partial charge in [-0.1, -0.05) is 60.7 Å². The van der Waals surface area contributed by atoms with Crippen molar-refractivity contribution in [2.24, 2.45) is 0 Å². The summed E-state index contributed by atoms with van der Waals surface area (Å²) in [6.07, 6.45) is 0. The lowest BCUT2D eigenvalue weighted by Crippen LogP contribution is -2.09. The fourth-order valence-corrected chi connectivity index (χ4v) is 2.34. The average Bonchev–Trinajstić information content (AvgIpc) is 2.78. The number of ether oxygens (including phenoxy) is 2. The summed E-state index contributed by atoms with van der Waals surface area (Å²) in [6.45, 7) is 0.723. The van der Waals surface area contributed by atoms with Crippen molar-refractivity contribution in [2.75, 3.05) is 0 Å². The van der Waals surface area contributed by atoms with Crippen molar-refractivity contribution < 1.29 is 44.7 Å². The molecule has 0 unspecified atom stereocenters. The van der Waals surface area contributed by atoms with Crippen LogP contribution in [0.15, 0.2) is 78.9 Å². The smallest absolute Gasteiger partial charge is 0.414 e. The molecule has 0 atom stereocenters. The van der Waals surface area contributed by atoms with E-state index in [0.717, 1.165) is 11.1 Å². The highest BCUT2D eigenvalue weighted by Gasteiger charge is 2.11. The largest absolute Gasteiger partial charge is 0.485 e. The zero-order valence-electron chi connectivity index (χ0n) is 16.8. The molecule has 32 heavy (non-hydrogen) atoms. The van der Waals surface area contributed by atoms with Crippen LogP contribution in [0.5, 0.6) is 11.5 Å². The van der Waals surface area contributed by atoms with Gasteiger partial charge in [0.15, 0.2) is 11.5 Å². The minimum absolute atomic E-state index is 0. The molecule has 5 N–H and O–H groups in total. The second kappa shape index (κ2) is 13.0. The Morgan fingerprint density at radius 2 is 1.06 bits per heavy atom. The van der Waals surface area contributed by atoms with Crippen molar-refractivity contribution in [3.05, 3.63) is 95.6 Å². The number of carboxylic acids is 3. The van der Waals surface area contributed by atoms with E-state index in [2.05, 4.69) is 0 Å². The molecule has 9 nitrogen and oxygen atoms in total. The molecule has 0 aliphatic rings. The molecule has 0 spiro atoms. The standard InChI is InChI=1S/C21H18O4.C2H2O4.H2O/c22-21(23)18-11-12-19(24-14-16-7-3-1-4-8-16)20(13-18)25-15-17-9-5-2-6-10-17;3-1(4)2(5)6;/h1-13H,14-15H2,(H,22,23);(H,3,4)(H,5,6);1H2. The van der Waals surface area contributed by atoms with Crippen LogP contribution in [0.4, 0.5) is 0 Å². The van der Waals surface area contributed by atoms with Crippen molar-refractivity contribution in [1.29, 1.82) is 0 Å². The van der Waals surface area contributed by atoms with E-state index in [1.54, 1.807) is 6.07 Å². The predicted octanol–water partition coefficient (Wildman–Crippen LogP) is 2.87. The van der Waals surface area contributed by atoms with E-state index in [-0.39, 0.29) is 11.0 Å². The molecular formula is C23H22O9. The molecule has 0 amide bonds. The Morgan fingerprint density at radius 3 is 1.47 bits per heavy atom. The van der Waals surface area contributed by atoms with E-state index in [0.29, 0.717) is 24.7 Å². The Labute approximate surface area is 183 Å². The Balaban J connectivity index is 0.000000648. The van der Waals surface area contributed by atoms with E-state index >= 15 is 0 Å². The zero-order chi connectivity index (χ0) is 22.6. The normalized spacial score (nSPS) is 9.38. The van der Waals surface area contributed by atoms with Crippen LogP contribution in [0.25, 0.3) is 0 Å². The third-order valence-electron chi connectivity index (χ3n) is 3.85. The van der Waals surface area contributed by atoms with Gasteiger partial charge in [-0.05, 0) is 29.3 Å². The summed E-state index contributed by atoms with van der Waals surface area (Å²) in [7, 11) is 0. The van der Waals surface area contributed by atoms with Gasteiger partial charge in [0.2, 0.25) is 0 Å². The number of hydrogen-bond donors (Lipinski definition) is 3. The van der Waals surface area contributed by atoms with Crippen LogP contribution in [0, 0.1) is 0 Å². The van der Waals surface area contributed by atoms with Crippen LogP contribution in [0.3, 0.4) is 0 Å². The number of carboxylic acid groups (broad SMARTS) is 3. The molecule has 3 aromatic carbocycles. The van der Waals surface area contributed by atoms with Crippen LogP contribution in [-0.2, 0) is 22.8 Å². The van der Waals surface area contributed by atoms with Crippen molar-refractivity contribution in [1.82, 2.24) is 0 Å². The zero-order valence-corrected chi connectivity index (χ0v) is 16.8. The van der Waals surface area contributed by atoms with E-state index in [1.165, 1.54) is 12.1 Å². The number of carbonyl (C=O) groups is 3. The summed E-state index contributed by atoms with van der Waals surface area (Å²) < 4.78 is 11.6. The van der Waals surface area contributed by atoms with Crippen LogP contribution in [-0.4, -0.2) is 38.7 Å². The van der Waals surface area contributed by atoms with Crippen LogP contribution in [0.2, 0.25) is 0 Å². The van der Waals surface area contributed by atoms with Crippen molar-refractivity contribution in [2.45, 2.75) is 13.2 Å². The summed E-state index contributed by atoms with van der Waals surface area (Å²) in [4.78, 5) is 29.4. The van der Waals surface area contributed by atoms with Gasteiger partial charge in [-0.15, -0.1) is 0 Å². The lowest BCUT2D eigenvalue weighted by atomic mass is 10.2. The average molecular weight is 442 g/mol. The van der Waals surface area contributed by atoms with Gasteiger partial charge in [-0.2, -0.15) is 0 Å². The Kier molecular flexibility index (Phi) is 10.5. The molecule has 3 rings (SSSR count). The maximum absolute atomic E-state index is 11.2. The fourth-order valence-electron chi connectivity index (χ4n) is 2.34. The first-order valence-electron chi connectivity index (χ1n) is 9.04. The van der Waals surface area contributed by atoms with Gasteiger partial charge in [0.25, 0.3) is 0 Å². The van der Waals surface area contributed by atoms with E-state index in [4.69, 9.17) is 29.3 Å². The Morgan fingerprint density at radius 1 is 0.625 bits per heavy atom. The fraction of sp³-hybridized carbons (Fsp3) is 0.0870. The molecule has 0 heterocycles. The third-order valence-corrected chi connectivity index (χ3v) is 3.85. The predicted molar refractivity (Wildman–Crippen MR) is 114 cm³/mol. The number of benzene rings is 3. The quantitative estimate of drug-likeness (QED) is 0.470. The summed E-state index contributed by atoms with van der Waals surface area (Å²) in [5.74, 6) is -3.71.